The van der Waals surface area contributed by atoms with Gasteiger partial charge < -0.3 is 15.6 Å². The molecule has 2 amide bonds. The molecule has 0 aliphatic heterocycles. The number of rotatable bonds is 8. The molecule has 2 aliphatic rings. The lowest BCUT2D eigenvalue weighted by Gasteiger charge is -2.11. The van der Waals surface area contributed by atoms with E-state index in [9.17, 15) is 9.59 Å². The van der Waals surface area contributed by atoms with Gasteiger partial charge in [0.1, 0.15) is 10.8 Å². The van der Waals surface area contributed by atoms with E-state index in [0.717, 1.165) is 55.1 Å². The Morgan fingerprint density at radius 2 is 2.11 bits per heavy atom. The molecule has 0 unspecified atom stereocenters. The first-order valence-electron chi connectivity index (χ1n) is 9.49. The lowest BCUT2D eigenvalue weighted by Crippen LogP contribution is -2.19. The highest BCUT2D eigenvalue weighted by atomic mass is 32.2. The molecule has 0 spiro atoms. The van der Waals surface area contributed by atoms with E-state index >= 15 is 0 Å². The minimum atomic E-state index is -0.470. The fraction of sp³-hybridized carbons (Fsp3) is 0.474. The Morgan fingerprint density at radius 1 is 1.32 bits per heavy atom. The predicted molar refractivity (Wildman–Crippen MR) is 111 cm³/mol. The zero-order chi connectivity index (χ0) is 19.7. The van der Waals surface area contributed by atoms with Crippen LogP contribution in [-0.2, 0) is 24.2 Å². The first-order valence-corrected chi connectivity index (χ1v) is 11.3. The van der Waals surface area contributed by atoms with Gasteiger partial charge in [-0.05, 0) is 44.1 Å². The van der Waals surface area contributed by atoms with Crippen LogP contribution in [0.2, 0.25) is 0 Å². The van der Waals surface area contributed by atoms with E-state index in [0.29, 0.717) is 23.0 Å². The van der Waals surface area contributed by atoms with E-state index in [1.807, 2.05) is 10.6 Å². The fourth-order valence-electron chi connectivity index (χ4n) is 3.56. The monoisotopic (exact) mass is 417 g/mol. The molecule has 28 heavy (non-hydrogen) atoms. The van der Waals surface area contributed by atoms with Gasteiger partial charge in [0.25, 0.3) is 5.91 Å². The Labute approximate surface area is 171 Å². The van der Waals surface area contributed by atoms with Gasteiger partial charge in [0.05, 0.1) is 11.3 Å². The standard InChI is InChI=1S/C19H23N5O2S2/c1-2-9-24-17(11-7-8-11)22-23-19(24)27-10-14(25)21-18-15(16(20)26)12-5-3-4-6-13(12)28-18/h2,11H,1,3-10H2,(H2,20,26)(H,21,25). The van der Waals surface area contributed by atoms with E-state index in [1.165, 1.54) is 28.0 Å². The Bertz CT molecular complexity index is 929. The van der Waals surface area contributed by atoms with Gasteiger partial charge in [-0.3, -0.25) is 9.59 Å². The van der Waals surface area contributed by atoms with Crippen molar-refractivity contribution in [1.29, 1.82) is 0 Å². The molecular weight excluding hydrogens is 394 g/mol. The molecule has 148 valence electrons. The second-order valence-corrected chi connectivity index (χ2v) is 9.18. The molecular formula is C19H23N5O2S2. The number of primary amides is 1. The Morgan fingerprint density at radius 3 is 2.82 bits per heavy atom. The highest BCUT2D eigenvalue weighted by molar-refractivity contribution is 7.99. The summed E-state index contributed by atoms with van der Waals surface area (Å²) in [7, 11) is 0. The number of carbonyl (C=O) groups excluding carboxylic acids is 2. The van der Waals surface area contributed by atoms with Gasteiger partial charge in [-0.15, -0.1) is 28.1 Å². The Hall–Kier alpha value is -2.13. The average Bonchev–Trinajstić information content (AvgIpc) is 3.33. The molecule has 2 aromatic heterocycles. The van der Waals surface area contributed by atoms with Crippen molar-refractivity contribution < 1.29 is 9.59 Å². The molecule has 2 aromatic rings. The molecule has 0 saturated heterocycles. The lowest BCUT2D eigenvalue weighted by molar-refractivity contribution is -0.113. The molecule has 0 aromatic carbocycles. The number of thioether (sulfide) groups is 1. The zero-order valence-corrected chi connectivity index (χ0v) is 17.2. The quantitative estimate of drug-likeness (QED) is 0.507. The van der Waals surface area contributed by atoms with Crippen molar-refractivity contribution in [2.75, 3.05) is 11.1 Å². The summed E-state index contributed by atoms with van der Waals surface area (Å²) in [5.41, 5.74) is 7.10. The van der Waals surface area contributed by atoms with Crippen LogP contribution in [0.3, 0.4) is 0 Å². The van der Waals surface area contributed by atoms with Gasteiger partial charge in [-0.2, -0.15) is 0 Å². The van der Waals surface area contributed by atoms with Crippen LogP contribution in [0.4, 0.5) is 5.00 Å². The van der Waals surface area contributed by atoms with Gasteiger partial charge in [-0.25, -0.2) is 0 Å². The molecule has 1 saturated carbocycles. The fourth-order valence-corrected chi connectivity index (χ4v) is 5.62. The number of nitrogens with one attached hydrogen (secondary N) is 1. The molecule has 4 rings (SSSR count). The predicted octanol–water partition coefficient (Wildman–Crippen LogP) is 3.11. The Kier molecular flexibility index (Phi) is 5.54. The number of carbonyl (C=O) groups is 2. The van der Waals surface area contributed by atoms with Crippen LogP contribution >= 0.6 is 23.1 Å². The molecule has 9 heteroatoms. The molecule has 3 N–H and O–H groups in total. The number of hydrogen-bond donors (Lipinski definition) is 2. The summed E-state index contributed by atoms with van der Waals surface area (Å²) in [5.74, 6) is 1.01. The van der Waals surface area contributed by atoms with Crippen LogP contribution in [0.1, 0.15) is 58.2 Å². The number of aromatic nitrogens is 3. The lowest BCUT2D eigenvalue weighted by atomic mass is 9.95. The first-order chi connectivity index (χ1) is 13.6. The SMILES string of the molecule is C=CCn1c(SCC(=O)Nc2sc3c(c2C(N)=O)CCCC3)nnc1C1CC1. The van der Waals surface area contributed by atoms with E-state index in [1.54, 1.807) is 0 Å². The minimum absolute atomic E-state index is 0.174. The normalized spacial score (nSPS) is 15.9. The van der Waals surface area contributed by atoms with E-state index in [4.69, 9.17) is 5.73 Å². The number of aryl methyl sites for hydroxylation is 1. The van der Waals surface area contributed by atoms with Gasteiger partial charge >= 0.3 is 0 Å². The third-order valence-electron chi connectivity index (χ3n) is 5.00. The second kappa shape index (κ2) is 8.08. The van der Waals surface area contributed by atoms with E-state index < -0.39 is 5.91 Å². The van der Waals surface area contributed by atoms with Crippen molar-refractivity contribution in [1.82, 2.24) is 14.8 Å². The maximum atomic E-state index is 12.5. The highest BCUT2D eigenvalue weighted by Crippen LogP contribution is 2.40. The minimum Gasteiger partial charge on any atom is -0.365 e. The highest BCUT2D eigenvalue weighted by Gasteiger charge is 2.30. The van der Waals surface area contributed by atoms with Crippen molar-refractivity contribution in [2.24, 2.45) is 5.73 Å². The van der Waals surface area contributed by atoms with Gasteiger partial charge in [-0.1, -0.05) is 17.8 Å². The smallest absolute Gasteiger partial charge is 0.251 e. The maximum absolute atomic E-state index is 12.5. The number of nitrogens with zero attached hydrogens (tertiary/aromatic N) is 3. The van der Waals surface area contributed by atoms with Crippen molar-refractivity contribution in [2.45, 2.75) is 56.1 Å². The van der Waals surface area contributed by atoms with Gasteiger partial charge in [0, 0.05) is 17.3 Å². The number of anilines is 1. The van der Waals surface area contributed by atoms with Crippen molar-refractivity contribution >= 4 is 39.9 Å². The molecule has 2 aliphatic carbocycles. The Balaban J connectivity index is 1.45. The number of hydrogen-bond acceptors (Lipinski definition) is 6. The van der Waals surface area contributed by atoms with Crippen molar-refractivity contribution in [3.63, 3.8) is 0 Å². The largest absolute Gasteiger partial charge is 0.365 e. The summed E-state index contributed by atoms with van der Waals surface area (Å²) in [6, 6.07) is 0. The van der Waals surface area contributed by atoms with Gasteiger partial charge in [0.2, 0.25) is 5.91 Å². The maximum Gasteiger partial charge on any atom is 0.251 e. The molecule has 1 fully saturated rings. The topological polar surface area (TPSA) is 103 Å². The molecule has 2 heterocycles. The summed E-state index contributed by atoms with van der Waals surface area (Å²) in [6.07, 6.45) is 8.04. The third-order valence-corrected chi connectivity index (χ3v) is 7.18. The third kappa shape index (κ3) is 3.86. The average molecular weight is 418 g/mol. The summed E-state index contributed by atoms with van der Waals surface area (Å²) in [6.45, 7) is 4.43. The van der Waals surface area contributed by atoms with Crippen LogP contribution < -0.4 is 11.1 Å². The molecule has 0 atom stereocenters. The molecule has 7 nitrogen and oxygen atoms in total. The summed E-state index contributed by atoms with van der Waals surface area (Å²) in [5, 5.41) is 12.7. The van der Waals surface area contributed by atoms with Crippen LogP contribution in [0.15, 0.2) is 17.8 Å². The number of allylic oxidation sites excluding steroid dienone is 1. The van der Waals surface area contributed by atoms with Crippen molar-refractivity contribution in [3.05, 3.63) is 34.5 Å². The first kappa shape index (κ1) is 19.2. The van der Waals surface area contributed by atoms with Crippen LogP contribution in [0.25, 0.3) is 0 Å². The van der Waals surface area contributed by atoms with Gasteiger partial charge in [0.15, 0.2) is 5.16 Å². The number of fused-ring (bicyclic) bond motifs is 1. The summed E-state index contributed by atoms with van der Waals surface area (Å²) < 4.78 is 2.03. The molecule has 0 bridgehead atoms. The summed E-state index contributed by atoms with van der Waals surface area (Å²) in [4.78, 5) is 25.7. The number of amides is 2. The molecule has 0 radical (unpaired) electrons. The van der Waals surface area contributed by atoms with Crippen LogP contribution in [-0.4, -0.2) is 32.3 Å². The number of thiophene rings is 1. The van der Waals surface area contributed by atoms with Crippen molar-refractivity contribution in [3.8, 4) is 0 Å². The second-order valence-electron chi connectivity index (χ2n) is 7.13. The van der Waals surface area contributed by atoms with Crippen LogP contribution in [0, 0.1) is 0 Å². The zero-order valence-electron chi connectivity index (χ0n) is 15.6. The van der Waals surface area contributed by atoms with E-state index in [-0.39, 0.29) is 11.7 Å². The van der Waals surface area contributed by atoms with Crippen LogP contribution in [0.5, 0.6) is 0 Å². The summed E-state index contributed by atoms with van der Waals surface area (Å²) >= 11 is 2.83. The van der Waals surface area contributed by atoms with E-state index in [2.05, 4.69) is 22.1 Å². The number of nitrogens with two attached hydrogens (primary N) is 1.